The summed E-state index contributed by atoms with van der Waals surface area (Å²) in [5.74, 6) is -0.304. The number of aryl methyl sites for hydroxylation is 1. The third-order valence-corrected chi connectivity index (χ3v) is 4.24. The minimum atomic E-state index is -0.255. The number of rotatable bonds is 6. The van der Waals surface area contributed by atoms with Crippen molar-refractivity contribution in [3.63, 3.8) is 0 Å². The number of hydrogen-bond acceptors (Lipinski definition) is 3. The highest BCUT2D eigenvalue weighted by atomic mass is 32.1. The van der Waals surface area contributed by atoms with Crippen LogP contribution in [0.3, 0.4) is 0 Å². The average Bonchev–Trinajstić information content (AvgIpc) is 2.86. The number of halogens is 1. The van der Waals surface area contributed by atoms with Gasteiger partial charge in [0.15, 0.2) is 0 Å². The van der Waals surface area contributed by atoms with Gasteiger partial charge in [0.05, 0.1) is 4.88 Å². The predicted octanol–water partition coefficient (Wildman–Crippen LogP) is 3.20. The van der Waals surface area contributed by atoms with E-state index in [0.717, 1.165) is 29.0 Å². The Kier molecular flexibility index (Phi) is 5.47. The number of amides is 1. The maximum absolute atomic E-state index is 13.0. The van der Waals surface area contributed by atoms with Gasteiger partial charge in [0.1, 0.15) is 5.82 Å². The topological polar surface area (TPSA) is 41.1 Å². The number of carbonyl (C=O) groups is 1. The Hall–Kier alpha value is -1.72. The first-order valence-corrected chi connectivity index (χ1v) is 7.72. The van der Waals surface area contributed by atoms with E-state index in [9.17, 15) is 9.18 Å². The van der Waals surface area contributed by atoms with Gasteiger partial charge in [-0.05, 0) is 56.3 Å². The Morgan fingerprint density at radius 1 is 1.24 bits per heavy atom. The highest BCUT2D eigenvalue weighted by molar-refractivity contribution is 7.14. The predicted molar refractivity (Wildman–Crippen MR) is 85.3 cm³/mol. The van der Waals surface area contributed by atoms with Crippen molar-refractivity contribution in [3.8, 4) is 11.1 Å². The Balaban J connectivity index is 2.08. The summed E-state index contributed by atoms with van der Waals surface area (Å²) in [6.45, 7) is 3.51. The monoisotopic (exact) mass is 306 g/mol. The molecule has 1 aromatic carbocycles. The summed E-state index contributed by atoms with van der Waals surface area (Å²) in [4.78, 5) is 13.8. The Labute approximate surface area is 128 Å². The molecule has 3 nitrogen and oxygen atoms in total. The lowest BCUT2D eigenvalue weighted by Crippen LogP contribution is -2.25. The molecule has 5 heteroatoms. The van der Waals surface area contributed by atoms with Gasteiger partial charge in [-0.1, -0.05) is 12.1 Å². The molecule has 0 spiro atoms. The lowest BCUT2D eigenvalue weighted by molar-refractivity contribution is 0.0957. The van der Waals surface area contributed by atoms with Crippen LogP contribution in [0, 0.1) is 12.7 Å². The van der Waals surface area contributed by atoms with E-state index < -0.39 is 0 Å². The highest BCUT2D eigenvalue weighted by Gasteiger charge is 2.13. The fourth-order valence-corrected chi connectivity index (χ4v) is 3.02. The fourth-order valence-electron chi connectivity index (χ4n) is 2.06. The molecule has 1 heterocycles. The quantitative estimate of drug-likeness (QED) is 0.805. The second-order valence-corrected chi connectivity index (χ2v) is 6.06. The van der Waals surface area contributed by atoms with Crippen LogP contribution in [0.5, 0.6) is 0 Å². The highest BCUT2D eigenvalue weighted by Crippen LogP contribution is 2.31. The number of nitrogens with one attached hydrogen (secondary N) is 2. The molecular formula is C16H19FN2OS. The molecular weight excluding hydrogens is 287 g/mol. The molecule has 0 aliphatic carbocycles. The second kappa shape index (κ2) is 7.33. The molecule has 2 N–H and O–H groups in total. The first kappa shape index (κ1) is 15.7. The van der Waals surface area contributed by atoms with Crippen LogP contribution in [-0.4, -0.2) is 26.0 Å². The summed E-state index contributed by atoms with van der Waals surface area (Å²) >= 11 is 1.46. The standard InChI is InChI=1S/C16H19FN2OS/c1-11-14(12-4-6-13(17)7-5-12)10-15(21-11)16(20)19-9-3-8-18-2/h4-7,10,18H,3,8-9H2,1-2H3,(H,19,20). The lowest BCUT2D eigenvalue weighted by atomic mass is 10.1. The molecule has 0 radical (unpaired) electrons. The van der Waals surface area contributed by atoms with Gasteiger partial charge < -0.3 is 10.6 Å². The second-order valence-electron chi connectivity index (χ2n) is 4.80. The minimum absolute atomic E-state index is 0.0486. The Morgan fingerprint density at radius 2 is 1.95 bits per heavy atom. The fraction of sp³-hybridized carbons (Fsp3) is 0.312. The van der Waals surface area contributed by atoms with Crippen molar-refractivity contribution in [2.24, 2.45) is 0 Å². The SMILES string of the molecule is CNCCCNC(=O)c1cc(-c2ccc(F)cc2)c(C)s1. The summed E-state index contributed by atoms with van der Waals surface area (Å²) in [5.41, 5.74) is 1.92. The molecule has 1 amide bonds. The van der Waals surface area contributed by atoms with E-state index in [1.165, 1.54) is 23.5 Å². The normalized spacial score (nSPS) is 10.6. The van der Waals surface area contributed by atoms with Crippen molar-refractivity contribution >= 4 is 17.2 Å². The first-order valence-electron chi connectivity index (χ1n) is 6.91. The van der Waals surface area contributed by atoms with Crippen LogP contribution in [0.1, 0.15) is 21.0 Å². The van der Waals surface area contributed by atoms with Crippen molar-refractivity contribution in [3.05, 3.63) is 45.9 Å². The molecule has 2 rings (SSSR count). The minimum Gasteiger partial charge on any atom is -0.351 e. The van der Waals surface area contributed by atoms with E-state index in [4.69, 9.17) is 0 Å². The molecule has 2 aromatic rings. The van der Waals surface area contributed by atoms with Crippen LogP contribution in [0.2, 0.25) is 0 Å². The summed E-state index contributed by atoms with van der Waals surface area (Å²) in [6.07, 6.45) is 0.900. The van der Waals surface area contributed by atoms with Gasteiger partial charge in [0.25, 0.3) is 5.91 Å². The van der Waals surface area contributed by atoms with Gasteiger partial charge in [0.2, 0.25) is 0 Å². The van der Waals surface area contributed by atoms with Crippen molar-refractivity contribution in [1.29, 1.82) is 0 Å². The summed E-state index contributed by atoms with van der Waals surface area (Å²) in [7, 11) is 1.89. The molecule has 112 valence electrons. The maximum Gasteiger partial charge on any atom is 0.261 e. The van der Waals surface area contributed by atoms with Crippen molar-refractivity contribution in [2.45, 2.75) is 13.3 Å². The van der Waals surface area contributed by atoms with Crippen molar-refractivity contribution in [2.75, 3.05) is 20.1 Å². The molecule has 21 heavy (non-hydrogen) atoms. The number of hydrogen-bond donors (Lipinski definition) is 2. The van der Waals surface area contributed by atoms with Crippen LogP contribution >= 0.6 is 11.3 Å². The van der Waals surface area contributed by atoms with Crippen molar-refractivity contribution in [1.82, 2.24) is 10.6 Å². The molecule has 0 unspecified atom stereocenters. The molecule has 0 fully saturated rings. The molecule has 0 bridgehead atoms. The summed E-state index contributed by atoms with van der Waals surface area (Å²) < 4.78 is 13.0. The largest absolute Gasteiger partial charge is 0.351 e. The third-order valence-electron chi connectivity index (χ3n) is 3.19. The van der Waals surface area contributed by atoms with E-state index in [1.54, 1.807) is 12.1 Å². The zero-order valence-corrected chi connectivity index (χ0v) is 13.0. The molecule has 0 atom stereocenters. The smallest absolute Gasteiger partial charge is 0.261 e. The van der Waals surface area contributed by atoms with E-state index in [-0.39, 0.29) is 11.7 Å². The van der Waals surface area contributed by atoms with E-state index >= 15 is 0 Å². The number of thiophene rings is 1. The number of carbonyl (C=O) groups excluding carboxylic acids is 1. The molecule has 0 aliphatic rings. The zero-order chi connectivity index (χ0) is 15.2. The van der Waals surface area contributed by atoms with Crippen LogP contribution < -0.4 is 10.6 Å². The molecule has 0 saturated carbocycles. The van der Waals surface area contributed by atoms with E-state index in [1.807, 2.05) is 20.0 Å². The molecule has 1 aromatic heterocycles. The van der Waals surface area contributed by atoms with Crippen LogP contribution in [-0.2, 0) is 0 Å². The van der Waals surface area contributed by atoms with Gasteiger partial charge in [0, 0.05) is 11.4 Å². The van der Waals surface area contributed by atoms with Gasteiger partial charge >= 0.3 is 0 Å². The van der Waals surface area contributed by atoms with E-state index in [2.05, 4.69) is 10.6 Å². The van der Waals surface area contributed by atoms with E-state index in [0.29, 0.717) is 11.4 Å². The van der Waals surface area contributed by atoms with Gasteiger partial charge in [-0.2, -0.15) is 0 Å². The Morgan fingerprint density at radius 3 is 2.62 bits per heavy atom. The van der Waals surface area contributed by atoms with Gasteiger partial charge in [-0.25, -0.2) is 4.39 Å². The van der Waals surface area contributed by atoms with Crippen LogP contribution in [0.15, 0.2) is 30.3 Å². The summed E-state index contributed by atoms with van der Waals surface area (Å²) in [5, 5.41) is 5.95. The van der Waals surface area contributed by atoms with Crippen LogP contribution in [0.4, 0.5) is 4.39 Å². The molecule has 0 saturated heterocycles. The van der Waals surface area contributed by atoms with Gasteiger partial charge in [-0.15, -0.1) is 11.3 Å². The number of benzene rings is 1. The zero-order valence-electron chi connectivity index (χ0n) is 12.2. The van der Waals surface area contributed by atoms with Crippen LogP contribution in [0.25, 0.3) is 11.1 Å². The third kappa shape index (κ3) is 4.12. The average molecular weight is 306 g/mol. The van der Waals surface area contributed by atoms with Gasteiger partial charge in [-0.3, -0.25) is 4.79 Å². The maximum atomic E-state index is 13.0. The lowest BCUT2D eigenvalue weighted by Gasteiger charge is -2.02. The first-order chi connectivity index (χ1) is 10.1. The summed E-state index contributed by atoms with van der Waals surface area (Å²) in [6, 6.07) is 8.21. The molecule has 0 aliphatic heterocycles. The Bertz CT molecular complexity index is 607. The van der Waals surface area contributed by atoms with Crippen molar-refractivity contribution < 1.29 is 9.18 Å².